The van der Waals surface area contributed by atoms with Crippen molar-refractivity contribution in [3.63, 3.8) is 0 Å². The van der Waals surface area contributed by atoms with Crippen LogP contribution >= 0.6 is 11.3 Å². The first kappa shape index (κ1) is 18.5. The molecule has 2 fully saturated rings. The summed E-state index contributed by atoms with van der Waals surface area (Å²) in [6.45, 7) is 9.99. The lowest BCUT2D eigenvalue weighted by Crippen LogP contribution is -2.39. The Morgan fingerprint density at radius 3 is 2.30 bits per heavy atom. The fraction of sp³-hybridized carbons (Fsp3) is 0.684. The zero-order chi connectivity index (χ0) is 16.9. The molecule has 128 valence electrons. The second-order valence-electron chi connectivity index (χ2n) is 7.43. The molecule has 2 aliphatic rings. The van der Waals surface area contributed by atoms with Crippen molar-refractivity contribution in [2.75, 3.05) is 13.2 Å². The maximum absolute atomic E-state index is 5.77. The van der Waals surface area contributed by atoms with Gasteiger partial charge in [0.15, 0.2) is 5.79 Å². The molecule has 0 unspecified atom stereocenters. The van der Waals surface area contributed by atoms with Crippen LogP contribution in [0.15, 0.2) is 11.4 Å². The normalized spacial score (nSPS) is 20.6. The van der Waals surface area contributed by atoms with Gasteiger partial charge in [0.1, 0.15) is 0 Å². The number of hydrogen-bond donors (Lipinski definition) is 1. The SMILES string of the molecule is Cc1csc(C#CC(C)(C)C)c1.NC1CCC2(CC1)OCCO2. The summed E-state index contributed by atoms with van der Waals surface area (Å²) in [5, 5.41) is 2.13. The molecule has 4 heteroatoms. The lowest BCUT2D eigenvalue weighted by atomic mass is 9.91. The van der Waals surface area contributed by atoms with Crippen LogP contribution in [0.1, 0.15) is 56.9 Å². The molecule has 0 amide bonds. The summed E-state index contributed by atoms with van der Waals surface area (Å²) in [7, 11) is 0. The monoisotopic (exact) mass is 335 g/mol. The molecule has 3 rings (SSSR count). The molecule has 2 heterocycles. The first-order valence-electron chi connectivity index (χ1n) is 8.40. The summed E-state index contributed by atoms with van der Waals surface area (Å²) in [4.78, 5) is 1.17. The van der Waals surface area contributed by atoms with Gasteiger partial charge >= 0.3 is 0 Å². The number of aryl methyl sites for hydroxylation is 1. The van der Waals surface area contributed by atoms with Gasteiger partial charge in [-0.3, -0.25) is 0 Å². The lowest BCUT2D eigenvalue weighted by Gasteiger charge is -2.33. The number of hydrogen-bond acceptors (Lipinski definition) is 4. The number of rotatable bonds is 0. The lowest BCUT2D eigenvalue weighted by molar-refractivity contribution is -0.178. The summed E-state index contributed by atoms with van der Waals surface area (Å²) in [5.41, 5.74) is 7.19. The van der Waals surface area contributed by atoms with Crippen LogP contribution in [0.2, 0.25) is 0 Å². The topological polar surface area (TPSA) is 44.5 Å². The van der Waals surface area contributed by atoms with Crippen LogP contribution in [0, 0.1) is 24.2 Å². The van der Waals surface area contributed by atoms with E-state index in [0.29, 0.717) is 6.04 Å². The Labute approximate surface area is 144 Å². The van der Waals surface area contributed by atoms with Gasteiger partial charge in [0.05, 0.1) is 18.1 Å². The predicted molar refractivity (Wildman–Crippen MR) is 96.5 cm³/mol. The Hall–Kier alpha value is -0.860. The molecule has 1 spiro atoms. The summed E-state index contributed by atoms with van der Waals surface area (Å²) >= 11 is 1.72. The van der Waals surface area contributed by atoms with E-state index >= 15 is 0 Å². The van der Waals surface area contributed by atoms with Crippen molar-refractivity contribution in [1.29, 1.82) is 0 Å². The minimum absolute atomic E-state index is 0.109. The second-order valence-corrected chi connectivity index (χ2v) is 8.34. The van der Waals surface area contributed by atoms with E-state index in [2.05, 4.69) is 51.0 Å². The van der Waals surface area contributed by atoms with Crippen LogP contribution in [0.25, 0.3) is 0 Å². The third kappa shape index (κ3) is 6.27. The van der Waals surface area contributed by atoms with Gasteiger partial charge in [0, 0.05) is 24.3 Å². The third-order valence-electron chi connectivity index (χ3n) is 3.90. The molecule has 1 aromatic rings. The molecule has 0 atom stereocenters. The van der Waals surface area contributed by atoms with Gasteiger partial charge in [-0.2, -0.15) is 0 Å². The van der Waals surface area contributed by atoms with E-state index in [4.69, 9.17) is 15.2 Å². The predicted octanol–water partition coefficient (Wildman–Crippen LogP) is 4.08. The molecule has 23 heavy (non-hydrogen) atoms. The van der Waals surface area contributed by atoms with E-state index in [1.54, 1.807) is 11.3 Å². The van der Waals surface area contributed by atoms with Crippen molar-refractivity contribution in [3.05, 3.63) is 21.9 Å². The molecule has 0 aromatic carbocycles. The van der Waals surface area contributed by atoms with Gasteiger partial charge in [-0.15, -0.1) is 11.3 Å². The zero-order valence-electron chi connectivity index (χ0n) is 14.8. The fourth-order valence-electron chi connectivity index (χ4n) is 2.61. The third-order valence-corrected chi connectivity index (χ3v) is 4.86. The second kappa shape index (κ2) is 7.81. The smallest absolute Gasteiger partial charge is 0.168 e. The summed E-state index contributed by atoms with van der Waals surface area (Å²) in [6, 6.07) is 2.50. The van der Waals surface area contributed by atoms with Crippen LogP contribution in [0.4, 0.5) is 0 Å². The average molecular weight is 336 g/mol. The Morgan fingerprint density at radius 1 is 1.22 bits per heavy atom. The van der Waals surface area contributed by atoms with Crippen molar-refractivity contribution >= 4 is 11.3 Å². The van der Waals surface area contributed by atoms with Crippen molar-refractivity contribution in [2.24, 2.45) is 11.1 Å². The molecule has 0 bridgehead atoms. The zero-order valence-corrected chi connectivity index (χ0v) is 15.6. The molecular weight excluding hydrogens is 306 g/mol. The summed E-state index contributed by atoms with van der Waals surface area (Å²) in [6.07, 6.45) is 4.04. The molecule has 1 aromatic heterocycles. The average Bonchev–Trinajstić information content (AvgIpc) is 3.10. The fourth-order valence-corrected chi connectivity index (χ4v) is 3.36. The standard InChI is InChI=1S/C11H14S.C8H15NO2/c1-9-7-10(12-8-9)5-6-11(2,3)4;9-7-1-3-8(4-2-7)10-5-6-11-8/h7-8H,1-4H3;7H,1-6,9H2. The highest BCUT2D eigenvalue weighted by molar-refractivity contribution is 7.10. The molecule has 1 aliphatic heterocycles. The minimum Gasteiger partial charge on any atom is -0.348 e. The van der Waals surface area contributed by atoms with Crippen LogP contribution in [0.3, 0.4) is 0 Å². The molecule has 3 nitrogen and oxygen atoms in total. The molecule has 1 saturated heterocycles. The van der Waals surface area contributed by atoms with E-state index in [0.717, 1.165) is 38.9 Å². The van der Waals surface area contributed by atoms with Crippen molar-refractivity contribution < 1.29 is 9.47 Å². The highest BCUT2D eigenvalue weighted by Gasteiger charge is 2.39. The largest absolute Gasteiger partial charge is 0.348 e. The molecule has 1 saturated carbocycles. The first-order valence-corrected chi connectivity index (χ1v) is 9.28. The first-order chi connectivity index (χ1) is 10.8. The summed E-state index contributed by atoms with van der Waals surface area (Å²) in [5.74, 6) is 6.16. The van der Waals surface area contributed by atoms with Crippen LogP contribution in [0.5, 0.6) is 0 Å². The van der Waals surface area contributed by atoms with Crippen molar-refractivity contribution in [2.45, 2.75) is 65.2 Å². The molecule has 1 aliphatic carbocycles. The van der Waals surface area contributed by atoms with Crippen LogP contribution in [-0.2, 0) is 9.47 Å². The van der Waals surface area contributed by atoms with Gasteiger partial charge in [-0.25, -0.2) is 0 Å². The van der Waals surface area contributed by atoms with E-state index in [-0.39, 0.29) is 11.2 Å². The van der Waals surface area contributed by atoms with E-state index in [1.807, 2.05) is 0 Å². The Kier molecular flexibility index (Phi) is 6.27. The van der Waals surface area contributed by atoms with Gasteiger partial charge in [-0.1, -0.05) is 11.8 Å². The number of ether oxygens (including phenoxy) is 2. The highest BCUT2D eigenvalue weighted by atomic mass is 32.1. The van der Waals surface area contributed by atoms with E-state index in [9.17, 15) is 0 Å². The Morgan fingerprint density at radius 2 is 1.83 bits per heavy atom. The number of nitrogens with two attached hydrogens (primary N) is 1. The maximum Gasteiger partial charge on any atom is 0.168 e. The van der Waals surface area contributed by atoms with E-state index in [1.165, 1.54) is 10.4 Å². The van der Waals surface area contributed by atoms with Crippen molar-refractivity contribution in [1.82, 2.24) is 0 Å². The van der Waals surface area contributed by atoms with Crippen LogP contribution in [-0.4, -0.2) is 25.0 Å². The molecular formula is C19H29NO2S. The Balaban J connectivity index is 0.000000167. The quantitative estimate of drug-likeness (QED) is 0.726. The van der Waals surface area contributed by atoms with E-state index < -0.39 is 0 Å². The van der Waals surface area contributed by atoms with Gasteiger partial charge in [-0.05, 0) is 57.5 Å². The van der Waals surface area contributed by atoms with Crippen molar-refractivity contribution in [3.8, 4) is 11.8 Å². The van der Waals surface area contributed by atoms with Gasteiger partial charge in [0.2, 0.25) is 0 Å². The van der Waals surface area contributed by atoms with Gasteiger partial charge in [0.25, 0.3) is 0 Å². The summed E-state index contributed by atoms with van der Waals surface area (Å²) < 4.78 is 11.1. The molecule has 0 radical (unpaired) electrons. The maximum atomic E-state index is 5.77. The number of thiophene rings is 1. The minimum atomic E-state index is -0.226. The van der Waals surface area contributed by atoms with Crippen LogP contribution < -0.4 is 5.73 Å². The molecule has 2 N–H and O–H groups in total. The Bertz CT molecular complexity index is 546. The van der Waals surface area contributed by atoms with Gasteiger partial charge < -0.3 is 15.2 Å². The highest BCUT2D eigenvalue weighted by Crippen LogP contribution is 2.34.